The molecule has 2 aromatic carbocycles. The Hall–Kier alpha value is -1.80. The van der Waals surface area contributed by atoms with Crippen molar-refractivity contribution >= 4 is 44.8 Å². The van der Waals surface area contributed by atoms with Gasteiger partial charge in [-0.3, -0.25) is 14.9 Å². The average Bonchev–Trinajstić information content (AvgIpc) is 2.50. The number of sulfonamides is 1. The summed E-state index contributed by atoms with van der Waals surface area (Å²) in [4.78, 5) is 12.0. The number of nitrogens with zero attached hydrogens (tertiary/aromatic N) is 1. The maximum atomic E-state index is 12.6. The van der Waals surface area contributed by atoms with E-state index in [1.807, 2.05) is 6.92 Å². The number of carbonyl (C=O) groups excluding carboxylic acids is 1. The fourth-order valence-corrected chi connectivity index (χ4v) is 3.44. The van der Waals surface area contributed by atoms with E-state index in [-0.39, 0.29) is 15.5 Å². The highest BCUT2D eigenvalue weighted by Gasteiger charge is 2.19. The number of carbonyl (C=O) groups is 1. The van der Waals surface area contributed by atoms with E-state index in [2.05, 4.69) is 10.1 Å². The molecular weight excluding hydrogens is 385 g/mol. The Morgan fingerprint density at radius 2 is 1.72 bits per heavy atom. The van der Waals surface area contributed by atoms with Crippen LogP contribution in [-0.4, -0.2) is 33.4 Å². The van der Waals surface area contributed by atoms with E-state index in [0.717, 1.165) is 5.56 Å². The summed E-state index contributed by atoms with van der Waals surface area (Å²) in [5, 5.41) is 2.03. The lowest BCUT2D eigenvalue weighted by Gasteiger charge is -2.14. The molecule has 0 aliphatic heterocycles. The van der Waals surface area contributed by atoms with Crippen molar-refractivity contribution in [3.05, 3.63) is 57.6 Å². The number of hydrazine groups is 1. The first-order valence-corrected chi connectivity index (χ1v) is 9.41. The Balaban J connectivity index is 2.36. The first kappa shape index (κ1) is 19.5. The maximum absolute atomic E-state index is 12.6. The van der Waals surface area contributed by atoms with Crippen molar-refractivity contribution in [2.24, 2.45) is 0 Å². The van der Waals surface area contributed by atoms with Gasteiger partial charge in [-0.1, -0.05) is 29.3 Å². The van der Waals surface area contributed by atoms with E-state index >= 15 is 0 Å². The molecule has 1 amide bonds. The second kappa shape index (κ2) is 7.61. The van der Waals surface area contributed by atoms with Gasteiger partial charge in [-0.2, -0.15) is 0 Å². The van der Waals surface area contributed by atoms with Crippen molar-refractivity contribution in [3.8, 4) is 0 Å². The molecular formula is C16H17Cl2N3O3S. The SMILES string of the molecule is Cc1ccc(NS(=O)(=O)c2ccc(Cl)c(C(=O)NN(C)C)c2)cc1Cl. The van der Waals surface area contributed by atoms with Gasteiger partial charge < -0.3 is 0 Å². The number of nitrogens with one attached hydrogen (secondary N) is 2. The molecule has 9 heteroatoms. The van der Waals surface area contributed by atoms with Gasteiger partial charge in [0, 0.05) is 19.1 Å². The molecule has 0 saturated carbocycles. The highest BCUT2D eigenvalue weighted by molar-refractivity contribution is 7.92. The van der Waals surface area contributed by atoms with Crippen LogP contribution in [0.1, 0.15) is 15.9 Å². The third kappa shape index (κ3) is 4.85. The Morgan fingerprint density at radius 3 is 2.32 bits per heavy atom. The molecule has 25 heavy (non-hydrogen) atoms. The van der Waals surface area contributed by atoms with Crippen LogP contribution in [-0.2, 0) is 10.0 Å². The highest BCUT2D eigenvalue weighted by atomic mass is 35.5. The topological polar surface area (TPSA) is 78.5 Å². The number of benzene rings is 2. The second-order valence-corrected chi connectivity index (χ2v) is 8.04. The lowest BCUT2D eigenvalue weighted by molar-refractivity contribution is 0.0857. The van der Waals surface area contributed by atoms with Crippen LogP contribution in [0.5, 0.6) is 0 Å². The van der Waals surface area contributed by atoms with Crippen molar-refractivity contribution in [2.75, 3.05) is 18.8 Å². The first-order chi connectivity index (χ1) is 11.6. The molecule has 2 rings (SSSR count). The Kier molecular flexibility index (Phi) is 5.95. The summed E-state index contributed by atoms with van der Waals surface area (Å²) in [6, 6.07) is 8.74. The Bertz CT molecular complexity index is 915. The summed E-state index contributed by atoms with van der Waals surface area (Å²) in [7, 11) is -0.637. The zero-order valence-electron chi connectivity index (χ0n) is 13.8. The molecule has 2 aromatic rings. The smallest absolute Gasteiger partial charge is 0.267 e. The van der Waals surface area contributed by atoms with Gasteiger partial charge in [0.05, 0.1) is 21.2 Å². The van der Waals surface area contributed by atoms with Gasteiger partial charge in [-0.05, 0) is 42.8 Å². The molecule has 0 spiro atoms. The third-order valence-corrected chi connectivity index (χ3v) is 5.36. The molecule has 2 N–H and O–H groups in total. The van der Waals surface area contributed by atoms with Gasteiger partial charge in [0.1, 0.15) is 0 Å². The highest BCUT2D eigenvalue weighted by Crippen LogP contribution is 2.25. The molecule has 0 aromatic heterocycles. The normalized spacial score (nSPS) is 11.4. The maximum Gasteiger partial charge on any atom is 0.267 e. The molecule has 0 radical (unpaired) electrons. The number of rotatable bonds is 5. The zero-order chi connectivity index (χ0) is 18.8. The van der Waals surface area contributed by atoms with Crippen LogP contribution in [0.15, 0.2) is 41.3 Å². The van der Waals surface area contributed by atoms with Crippen LogP contribution in [0.2, 0.25) is 10.0 Å². The van der Waals surface area contributed by atoms with Crippen LogP contribution >= 0.6 is 23.2 Å². The fourth-order valence-electron chi connectivity index (χ4n) is 1.98. The zero-order valence-corrected chi connectivity index (χ0v) is 16.1. The number of halogens is 2. The van der Waals surface area contributed by atoms with E-state index in [4.69, 9.17) is 23.2 Å². The molecule has 134 valence electrons. The summed E-state index contributed by atoms with van der Waals surface area (Å²) >= 11 is 12.0. The summed E-state index contributed by atoms with van der Waals surface area (Å²) in [5.41, 5.74) is 3.73. The Morgan fingerprint density at radius 1 is 1.04 bits per heavy atom. The van der Waals surface area contributed by atoms with Crippen molar-refractivity contribution in [1.29, 1.82) is 0 Å². The van der Waals surface area contributed by atoms with Gasteiger partial charge in [-0.25, -0.2) is 13.4 Å². The molecule has 0 saturated heterocycles. The number of aryl methyl sites for hydroxylation is 1. The van der Waals surface area contributed by atoms with Gasteiger partial charge >= 0.3 is 0 Å². The van der Waals surface area contributed by atoms with Crippen LogP contribution in [0.3, 0.4) is 0 Å². The minimum atomic E-state index is -3.91. The molecule has 6 nitrogen and oxygen atoms in total. The van der Waals surface area contributed by atoms with Crippen molar-refractivity contribution in [2.45, 2.75) is 11.8 Å². The van der Waals surface area contributed by atoms with Crippen LogP contribution in [0, 0.1) is 6.92 Å². The monoisotopic (exact) mass is 401 g/mol. The summed E-state index contributed by atoms with van der Waals surface area (Å²) in [6.45, 7) is 1.81. The van der Waals surface area contributed by atoms with Crippen LogP contribution in [0.4, 0.5) is 5.69 Å². The first-order valence-electron chi connectivity index (χ1n) is 7.17. The van der Waals surface area contributed by atoms with E-state index in [9.17, 15) is 13.2 Å². The molecule has 0 bridgehead atoms. The van der Waals surface area contributed by atoms with Crippen LogP contribution < -0.4 is 10.1 Å². The minimum absolute atomic E-state index is 0.0557. The number of hydrogen-bond donors (Lipinski definition) is 2. The van der Waals surface area contributed by atoms with Gasteiger partial charge in [0.15, 0.2) is 0 Å². The minimum Gasteiger partial charge on any atom is -0.285 e. The molecule has 0 aliphatic carbocycles. The van der Waals surface area contributed by atoms with Gasteiger partial charge in [0.2, 0.25) is 0 Å². The quantitative estimate of drug-likeness (QED) is 0.753. The lowest BCUT2D eigenvalue weighted by atomic mass is 10.2. The third-order valence-electron chi connectivity index (χ3n) is 3.24. The predicted octanol–water partition coefficient (Wildman–Crippen LogP) is 3.31. The Labute approximate surface area is 156 Å². The van der Waals surface area contributed by atoms with Crippen LogP contribution in [0.25, 0.3) is 0 Å². The molecule has 0 atom stereocenters. The summed E-state index contributed by atoms with van der Waals surface area (Å²) in [6.07, 6.45) is 0. The number of amides is 1. The van der Waals surface area contributed by atoms with E-state index < -0.39 is 15.9 Å². The summed E-state index contributed by atoms with van der Waals surface area (Å²) in [5.74, 6) is -0.509. The largest absolute Gasteiger partial charge is 0.285 e. The molecule has 0 heterocycles. The van der Waals surface area contributed by atoms with E-state index in [0.29, 0.717) is 10.7 Å². The lowest BCUT2D eigenvalue weighted by Crippen LogP contribution is -2.36. The standard InChI is InChI=1S/C16H17Cl2N3O3S/c1-10-4-5-11(8-15(10)18)20-25(23,24)12-6-7-14(17)13(9-12)16(22)19-21(2)3/h4-9,20H,1-3H3,(H,19,22). The predicted molar refractivity (Wildman–Crippen MR) is 99.6 cm³/mol. The van der Waals surface area contributed by atoms with E-state index in [1.54, 1.807) is 26.2 Å². The molecule has 0 unspecified atom stereocenters. The fraction of sp³-hybridized carbons (Fsp3) is 0.188. The van der Waals surface area contributed by atoms with Gasteiger partial charge in [0.25, 0.3) is 15.9 Å². The van der Waals surface area contributed by atoms with Gasteiger partial charge in [-0.15, -0.1) is 0 Å². The van der Waals surface area contributed by atoms with Crippen molar-refractivity contribution < 1.29 is 13.2 Å². The molecule has 0 aliphatic rings. The number of hydrogen-bond acceptors (Lipinski definition) is 4. The number of anilines is 1. The van der Waals surface area contributed by atoms with E-state index in [1.165, 1.54) is 29.3 Å². The summed E-state index contributed by atoms with van der Waals surface area (Å²) < 4.78 is 27.6. The van der Waals surface area contributed by atoms with Crippen molar-refractivity contribution in [1.82, 2.24) is 10.4 Å². The average molecular weight is 402 g/mol. The molecule has 0 fully saturated rings. The van der Waals surface area contributed by atoms with Crippen molar-refractivity contribution in [3.63, 3.8) is 0 Å². The second-order valence-electron chi connectivity index (χ2n) is 5.55.